The number of nitrogens with zero attached hydrogens (tertiary/aromatic N) is 1. The number of aromatic nitrogens is 1. The topological polar surface area (TPSA) is 71.5 Å². The van der Waals surface area contributed by atoms with E-state index in [2.05, 4.69) is 10.3 Å². The largest absolute Gasteiger partial charge is 0.480 e. The molecule has 5 nitrogen and oxygen atoms in total. The minimum absolute atomic E-state index is 0.209. The molecule has 2 fully saturated rings. The first-order chi connectivity index (χ1) is 13.4. The number of aliphatic hydroxyl groups is 1. The second-order valence-corrected chi connectivity index (χ2v) is 8.51. The minimum atomic E-state index is -0.886. The van der Waals surface area contributed by atoms with Gasteiger partial charge in [0.15, 0.2) is 0 Å². The van der Waals surface area contributed by atoms with Crippen molar-refractivity contribution in [2.45, 2.75) is 44.1 Å². The summed E-state index contributed by atoms with van der Waals surface area (Å²) in [5, 5.41) is 14.0. The molecule has 0 spiro atoms. The van der Waals surface area contributed by atoms with Gasteiger partial charge in [0.2, 0.25) is 5.88 Å². The summed E-state index contributed by atoms with van der Waals surface area (Å²) in [5.74, 6) is 0.688. The van der Waals surface area contributed by atoms with Crippen LogP contribution in [0.3, 0.4) is 0 Å². The standard InChI is InChI=1S/C22H25ClN2O3/c1-22(27,15-7-8-15)12-24-20(26)18-11-17(13-5-9-16(23)10-6-13)19(14-3-4-14)25-21(18)28-2/h5-6,9-11,14-15,27H,3-4,7-8,12H2,1-2H3,(H,24,26)/t22-/m0/s1. The van der Waals surface area contributed by atoms with Gasteiger partial charge in [-0.05, 0) is 62.3 Å². The van der Waals surface area contributed by atoms with Gasteiger partial charge >= 0.3 is 0 Å². The number of carbonyl (C=O) groups is 1. The van der Waals surface area contributed by atoms with Gasteiger partial charge in [0, 0.05) is 23.0 Å². The zero-order valence-electron chi connectivity index (χ0n) is 16.2. The van der Waals surface area contributed by atoms with Crippen LogP contribution in [0.1, 0.15) is 54.6 Å². The fourth-order valence-corrected chi connectivity index (χ4v) is 3.69. The molecule has 2 saturated carbocycles. The lowest BCUT2D eigenvalue weighted by Crippen LogP contribution is -2.42. The third kappa shape index (κ3) is 4.01. The molecule has 2 aliphatic carbocycles. The SMILES string of the molecule is COc1nc(C2CC2)c(-c2ccc(Cl)cc2)cc1C(=O)NC[C@](C)(O)C1CC1. The Morgan fingerprint density at radius 3 is 2.54 bits per heavy atom. The van der Waals surface area contributed by atoms with Crippen LogP contribution in [-0.4, -0.2) is 35.3 Å². The molecule has 0 bridgehead atoms. The average molecular weight is 401 g/mol. The molecule has 2 aromatic rings. The van der Waals surface area contributed by atoms with Crippen molar-refractivity contribution in [2.24, 2.45) is 5.92 Å². The number of benzene rings is 1. The van der Waals surface area contributed by atoms with Gasteiger partial charge in [0.1, 0.15) is 5.56 Å². The van der Waals surface area contributed by atoms with Crippen LogP contribution < -0.4 is 10.1 Å². The first kappa shape index (κ1) is 19.2. The quantitative estimate of drug-likeness (QED) is 0.731. The number of nitrogens with one attached hydrogen (secondary N) is 1. The van der Waals surface area contributed by atoms with Gasteiger partial charge in [0.05, 0.1) is 18.4 Å². The highest BCUT2D eigenvalue weighted by molar-refractivity contribution is 6.30. The Bertz CT molecular complexity index is 887. The summed E-state index contributed by atoms with van der Waals surface area (Å²) in [5.41, 5.74) is 2.35. The summed E-state index contributed by atoms with van der Waals surface area (Å²) in [6, 6.07) is 9.41. The number of pyridine rings is 1. The lowest BCUT2D eigenvalue weighted by atomic mass is 9.98. The van der Waals surface area contributed by atoms with Gasteiger partial charge in [-0.15, -0.1) is 0 Å². The molecule has 1 aromatic heterocycles. The first-order valence-corrected chi connectivity index (χ1v) is 10.1. The fourth-order valence-electron chi connectivity index (χ4n) is 3.56. The van der Waals surface area contributed by atoms with E-state index in [1.54, 1.807) is 6.92 Å². The molecule has 4 rings (SSSR count). The first-order valence-electron chi connectivity index (χ1n) is 9.74. The van der Waals surface area contributed by atoms with Crippen molar-refractivity contribution in [3.63, 3.8) is 0 Å². The number of carbonyl (C=O) groups excluding carboxylic acids is 1. The van der Waals surface area contributed by atoms with Crippen LogP contribution in [0.4, 0.5) is 0 Å². The lowest BCUT2D eigenvalue weighted by Gasteiger charge is -2.23. The molecule has 148 valence electrons. The number of methoxy groups -OCH3 is 1. The number of hydrogen-bond donors (Lipinski definition) is 2. The van der Waals surface area contributed by atoms with Gasteiger partial charge in [0.25, 0.3) is 5.91 Å². The maximum Gasteiger partial charge on any atom is 0.256 e. The van der Waals surface area contributed by atoms with Gasteiger partial charge in [-0.3, -0.25) is 4.79 Å². The average Bonchev–Trinajstić information content (AvgIpc) is 3.58. The Morgan fingerprint density at radius 2 is 1.96 bits per heavy atom. The van der Waals surface area contributed by atoms with E-state index >= 15 is 0 Å². The lowest BCUT2D eigenvalue weighted by molar-refractivity contribution is 0.0353. The zero-order chi connectivity index (χ0) is 19.9. The number of halogens is 1. The van der Waals surface area contributed by atoms with Crippen LogP contribution in [-0.2, 0) is 0 Å². The van der Waals surface area contributed by atoms with E-state index in [9.17, 15) is 9.90 Å². The van der Waals surface area contributed by atoms with E-state index in [0.717, 1.165) is 42.5 Å². The number of hydrogen-bond acceptors (Lipinski definition) is 4. The Morgan fingerprint density at radius 1 is 1.29 bits per heavy atom. The van der Waals surface area contributed by atoms with Gasteiger partial charge < -0.3 is 15.2 Å². The minimum Gasteiger partial charge on any atom is -0.480 e. The summed E-state index contributed by atoms with van der Waals surface area (Å²) in [6.07, 6.45) is 4.19. The van der Waals surface area contributed by atoms with Gasteiger partial charge in [-0.25, -0.2) is 4.98 Å². The van der Waals surface area contributed by atoms with Crippen molar-refractivity contribution in [1.29, 1.82) is 0 Å². The molecule has 0 radical (unpaired) electrons. The van der Waals surface area contributed by atoms with Crippen LogP contribution in [0.15, 0.2) is 30.3 Å². The van der Waals surface area contributed by atoms with Crippen molar-refractivity contribution in [3.05, 3.63) is 46.6 Å². The number of ether oxygens (including phenoxy) is 1. The molecule has 0 aliphatic heterocycles. The number of rotatable bonds is 7. The third-order valence-corrected chi connectivity index (χ3v) is 5.89. The molecule has 2 aliphatic rings. The Hall–Kier alpha value is -2.11. The Labute approximate surface area is 170 Å². The predicted octanol–water partition coefficient (Wildman–Crippen LogP) is 4.18. The monoisotopic (exact) mass is 400 g/mol. The van der Waals surface area contributed by atoms with Crippen LogP contribution in [0, 0.1) is 5.92 Å². The molecule has 1 amide bonds. The molecule has 6 heteroatoms. The molecule has 1 heterocycles. The van der Waals surface area contributed by atoms with Crippen molar-refractivity contribution in [1.82, 2.24) is 10.3 Å². The van der Waals surface area contributed by atoms with Gasteiger partial charge in [-0.2, -0.15) is 0 Å². The second kappa shape index (κ2) is 7.37. The molecule has 1 aromatic carbocycles. The maximum atomic E-state index is 12.9. The van der Waals surface area contributed by atoms with E-state index in [0.29, 0.717) is 22.4 Å². The van der Waals surface area contributed by atoms with E-state index in [-0.39, 0.29) is 18.4 Å². The fraction of sp³-hybridized carbons (Fsp3) is 0.455. The Balaban J connectivity index is 1.66. The van der Waals surface area contributed by atoms with Crippen molar-refractivity contribution < 1.29 is 14.6 Å². The summed E-state index contributed by atoms with van der Waals surface area (Å²) in [6.45, 7) is 1.98. The molecule has 0 unspecified atom stereocenters. The van der Waals surface area contributed by atoms with Gasteiger partial charge in [-0.1, -0.05) is 23.7 Å². The van der Waals surface area contributed by atoms with Crippen molar-refractivity contribution >= 4 is 17.5 Å². The molecular formula is C22H25ClN2O3. The smallest absolute Gasteiger partial charge is 0.256 e. The van der Waals surface area contributed by atoms with Crippen molar-refractivity contribution in [2.75, 3.05) is 13.7 Å². The van der Waals surface area contributed by atoms with E-state index in [1.807, 2.05) is 30.3 Å². The zero-order valence-corrected chi connectivity index (χ0v) is 16.9. The van der Waals surface area contributed by atoms with E-state index in [4.69, 9.17) is 16.3 Å². The van der Waals surface area contributed by atoms with Crippen LogP contribution in [0.25, 0.3) is 11.1 Å². The normalized spacial score (nSPS) is 18.4. The highest BCUT2D eigenvalue weighted by Gasteiger charge is 2.40. The van der Waals surface area contributed by atoms with E-state index < -0.39 is 5.60 Å². The maximum absolute atomic E-state index is 12.9. The summed E-state index contributed by atoms with van der Waals surface area (Å²) in [4.78, 5) is 17.6. The predicted molar refractivity (Wildman–Crippen MR) is 109 cm³/mol. The summed E-state index contributed by atoms with van der Waals surface area (Å²) in [7, 11) is 1.53. The number of amides is 1. The molecule has 28 heavy (non-hydrogen) atoms. The molecule has 1 atom stereocenters. The van der Waals surface area contributed by atoms with Crippen molar-refractivity contribution in [3.8, 4) is 17.0 Å². The summed E-state index contributed by atoms with van der Waals surface area (Å²) < 4.78 is 5.43. The third-order valence-electron chi connectivity index (χ3n) is 5.64. The Kier molecular flexibility index (Phi) is 5.06. The van der Waals surface area contributed by atoms with Crippen LogP contribution in [0.5, 0.6) is 5.88 Å². The highest BCUT2D eigenvalue weighted by Crippen LogP contribution is 2.45. The van der Waals surface area contributed by atoms with Crippen LogP contribution >= 0.6 is 11.6 Å². The van der Waals surface area contributed by atoms with Crippen LogP contribution in [0.2, 0.25) is 5.02 Å². The molecular weight excluding hydrogens is 376 g/mol. The second-order valence-electron chi connectivity index (χ2n) is 8.07. The summed E-state index contributed by atoms with van der Waals surface area (Å²) >= 11 is 6.03. The molecule has 2 N–H and O–H groups in total. The molecule has 0 saturated heterocycles. The van der Waals surface area contributed by atoms with E-state index in [1.165, 1.54) is 7.11 Å². The highest BCUT2D eigenvalue weighted by atomic mass is 35.5.